The van der Waals surface area contributed by atoms with Gasteiger partial charge < -0.3 is 25.2 Å². The summed E-state index contributed by atoms with van der Waals surface area (Å²) in [5.41, 5.74) is 1.88. The second-order valence-corrected chi connectivity index (χ2v) is 6.11. The van der Waals surface area contributed by atoms with Gasteiger partial charge in [-0.25, -0.2) is 4.79 Å². The minimum absolute atomic E-state index is 0.160. The fourth-order valence-corrected chi connectivity index (χ4v) is 2.90. The maximum atomic E-state index is 12.1. The fourth-order valence-electron chi connectivity index (χ4n) is 2.90. The van der Waals surface area contributed by atoms with Gasteiger partial charge in [0.15, 0.2) is 0 Å². The maximum Gasteiger partial charge on any atom is 0.407 e. The number of ether oxygens (including phenoxy) is 2. The van der Waals surface area contributed by atoms with Gasteiger partial charge in [-0.15, -0.1) is 0 Å². The standard InChI is InChI=1S/C18H22N4O4/c1-25-14-4-2-12(3-5-14)8-15-17(16(23)11-19-15)26-18(24)20-9-13-6-7-21-22-10-13/h2-7,10,15-17,19,23H,8-9,11H2,1H3,(H,20,24)/t15-,16+,17+/m1/s1. The zero-order valence-corrected chi connectivity index (χ0v) is 14.5. The molecule has 1 amide bonds. The lowest BCUT2D eigenvalue weighted by molar-refractivity contribution is 0.0188. The monoisotopic (exact) mass is 358 g/mol. The molecule has 3 N–H and O–H groups in total. The van der Waals surface area contributed by atoms with Crippen molar-refractivity contribution in [1.29, 1.82) is 0 Å². The first kappa shape index (κ1) is 18.1. The highest BCUT2D eigenvalue weighted by Gasteiger charge is 2.37. The van der Waals surface area contributed by atoms with Crippen molar-refractivity contribution in [1.82, 2.24) is 20.8 Å². The Morgan fingerprint density at radius 3 is 2.77 bits per heavy atom. The van der Waals surface area contributed by atoms with Gasteiger partial charge in [0.25, 0.3) is 0 Å². The van der Waals surface area contributed by atoms with Gasteiger partial charge in [-0.3, -0.25) is 0 Å². The molecule has 0 unspecified atom stereocenters. The molecule has 1 aliphatic heterocycles. The Kier molecular flexibility index (Phi) is 5.98. The van der Waals surface area contributed by atoms with Crippen LogP contribution in [0.5, 0.6) is 5.75 Å². The van der Waals surface area contributed by atoms with Crippen LogP contribution in [0.3, 0.4) is 0 Å². The fraction of sp³-hybridized carbons (Fsp3) is 0.389. The molecule has 138 valence electrons. The largest absolute Gasteiger partial charge is 0.497 e. The average molecular weight is 358 g/mol. The number of aliphatic hydroxyl groups is 1. The van der Waals surface area contributed by atoms with E-state index >= 15 is 0 Å². The van der Waals surface area contributed by atoms with Crippen LogP contribution in [0, 0.1) is 0 Å². The van der Waals surface area contributed by atoms with Gasteiger partial charge in [-0.1, -0.05) is 12.1 Å². The Morgan fingerprint density at radius 2 is 2.08 bits per heavy atom. The molecule has 2 aromatic rings. The number of amides is 1. The van der Waals surface area contributed by atoms with Crippen LogP contribution in [0.25, 0.3) is 0 Å². The molecular formula is C18H22N4O4. The lowest BCUT2D eigenvalue weighted by atomic mass is 10.0. The molecule has 0 spiro atoms. The number of β-amino-alcohol motifs (C(OH)–C–C–N with tert-alkyl or cyclic N) is 1. The molecule has 3 rings (SSSR count). The summed E-state index contributed by atoms with van der Waals surface area (Å²) in [6.07, 6.45) is 1.82. The second kappa shape index (κ2) is 8.59. The van der Waals surface area contributed by atoms with Crippen molar-refractivity contribution in [2.75, 3.05) is 13.7 Å². The zero-order valence-electron chi connectivity index (χ0n) is 14.5. The number of hydrogen-bond donors (Lipinski definition) is 3. The van der Waals surface area contributed by atoms with Gasteiger partial charge in [-0.2, -0.15) is 10.2 Å². The summed E-state index contributed by atoms with van der Waals surface area (Å²) in [4.78, 5) is 12.1. The summed E-state index contributed by atoms with van der Waals surface area (Å²) in [5.74, 6) is 0.783. The molecule has 1 fully saturated rings. The van der Waals surface area contributed by atoms with E-state index in [2.05, 4.69) is 20.8 Å². The Labute approximate surface area is 151 Å². The number of aliphatic hydroxyl groups excluding tert-OH is 1. The van der Waals surface area contributed by atoms with Crippen molar-refractivity contribution in [2.24, 2.45) is 0 Å². The molecular weight excluding hydrogens is 336 g/mol. The number of methoxy groups -OCH3 is 1. The van der Waals surface area contributed by atoms with E-state index < -0.39 is 18.3 Å². The smallest absolute Gasteiger partial charge is 0.407 e. The predicted molar refractivity (Wildman–Crippen MR) is 93.6 cm³/mol. The number of alkyl carbamates (subject to hydrolysis) is 1. The van der Waals surface area contributed by atoms with Gasteiger partial charge in [0.05, 0.1) is 19.3 Å². The van der Waals surface area contributed by atoms with Crippen LogP contribution in [0.2, 0.25) is 0 Å². The van der Waals surface area contributed by atoms with Crippen LogP contribution in [0.1, 0.15) is 11.1 Å². The van der Waals surface area contributed by atoms with Gasteiger partial charge in [0, 0.05) is 19.3 Å². The molecule has 1 saturated heterocycles. The van der Waals surface area contributed by atoms with E-state index in [9.17, 15) is 9.90 Å². The van der Waals surface area contributed by atoms with Crippen molar-refractivity contribution in [3.8, 4) is 5.75 Å². The topological polar surface area (TPSA) is 106 Å². The maximum absolute atomic E-state index is 12.1. The van der Waals surface area contributed by atoms with E-state index in [1.54, 1.807) is 25.6 Å². The first-order valence-corrected chi connectivity index (χ1v) is 8.40. The van der Waals surface area contributed by atoms with E-state index in [4.69, 9.17) is 9.47 Å². The molecule has 1 aliphatic rings. The molecule has 26 heavy (non-hydrogen) atoms. The normalized spacial score (nSPS) is 22.0. The first-order chi connectivity index (χ1) is 12.7. The second-order valence-electron chi connectivity index (χ2n) is 6.11. The third kappa shape index (κ3) is 4.68. The molecule has 8 heteroatoms. The van der Waals surface area contributed by atoms with Crippen molar-refractivity contribution >= 4 is 6.09 Å². The lowest BCUT2D eigenvalue weighted by Gasteiger charge is -2.22. The van der Waals surface area contributed by atoms with Gasteiger partial charge >= 0.3 is 6.09 Å². The Bertz CT molecular complexity index is 711. The molecule has 8 nitrogen and oxygen atoms in total. The van der Waals surface area contributed by atoms with Crippen LogP contribution in [0.4, 0.5) is 4.79 Å². The average Bonchev–Trinajstić information content (AvgIpc) is 3.01. The van der Waals surface area contributed by atoms with Crippen molar-refractivity contribution in [3.05, 3.63) is 53.9 Å². The molecule has 0 radical (unpaired) electrons. The van der Waals surface area contributed by atoms with Gasteiger partial charge in [0.2, 0.25) is 0 Å². The number of carbonyl (C=O) groups excluding carboxylic acids is 1. The first-order valence-electron chi connectivity index (χ1n) is 8.40. The van der Waals surface area contributed by atoms with Crippen LogP contribution in [-0.2, 0) is 17.7 Å². The number of carbonyl (C=O) groups is 1. The summed E-state index contributed by atoms with van der Waals surface area (Å²) in [7, 11) is 1.62. The number of nitrogens with zero attached hydrogens (tertiary/aromatic N) is 2. The molecule has 2 heterocycles. The van der Waals surface area contributed by atoms with E-state index in [1.807, 2.05) is 24.3 Å². The Morgan fingerprint density at radius 1 is 1.27 bits per heavy atom. The SMILES string of the molecule is COc1ccc(C[C@H]2NC[C@H](O)[C@H]2OC(=O)NCc2ccnnc2)cc1. The van der Waals surface area contributed by atoms with Crippen LogP contribution in [-0.4, -0.2) is 53.3 Å². The number of rotatable bonds is 6. The number of hydrogen-bond acceptors (Lipinski definition) is 7. The molecule has 0 bridgehead atoms. The van der Waals surface area contributed by atoms with Crippen LogP contribution < -0.4 is 15.4 Å². The highest BCUT2D eigenvalue weighted by atomic mass is 16.6. The van der Waals surface area contributed by atoms with Crippen LogP contribution in [0.15, 0.2) is 42.7 Å². The third-order valence-corrected chi connectivity index (χ3v) is 4.31. The van der Waals surface area contributed by atoms with Gasteiger partial charge in [-0.05, 0) is 35.7 Å². The summed E-state index contributed by atoms with van der Waals surface area (Å²) in [5, 5.41) is 23.4. The summed E-state index contributed by atoms with van der Waals surface area (Å²) in [6, 6.07) is 9.27. The van der Waals surface area contributed by atoms with Crippen molar-refractivity contribution in [2.45, 2.75) is 31.2 Å². The summed E-state index contributed by atoms with van der Waals surface area (Å²) in [6.45, 7) is 0.667. The number of benzene rings is 1. The highest BCUT2D eigenvalue weighted by molar-refractivity contribution is 5.67. The van der Waals surface area contributed by atoms with Crippen molar-refractivity contribution < 1.29 is 19.4 Å². The zero-order chi connectivity index (χ0) is 18.4. The van der Waals surface area contributed by atoms with E-state index in [-0.39, 0.29) is 12.6 Å². The Hall–Kier alpha value is -2.71. The van der Waals surface area contributed by atoms with Crippen LogP contribution >= 0.6 is 0 Å². The minimum atomic E-state index is -0.744. The Balaban J connectivity index is 1.54. The molecule has 0 saturated carbocycles. The number of aromatic nitrogens is 2. The molecule has 0 aliphatic carbocycles. The summed E-state index contributed by atoms with van der Waals surface area (Å²) >= 11 is 0. The third-order valence-electron chi connectivity index (χ3n) is 4.31. The van der Waals surface area contributed by atoms with E-state index in [0.29, 0.717) is 13.0 Å². The molecule has 3 atom stereocenters. The summed E-state index contributed by atoms with van der Waals surface area (Å²) < 4.78 is 10.6. The lowest BCUT2D eigenvalue weighted by Crippen LogP contribution is -2.41. The van der Waals surface area contributed by atoms with E-state index in [1.165, 1.54) is 0 Å². The molecule has 1 aromatic heterocycles. The van der Waals surface area contributed by atoms with Crippen molar-refractivity contribution in [3.63, 3.8) is 0 Å². The van der Waals surface area contributed by atoms with E-state index in [0.717, 1.165) is 16.9 Å². The highest BCUT2D eigenvalue weighted by Crippen LogP contribution is 2.19. The molecule has 1 aromatic carbocycles. The minimum Gasteiger partial charge on any atom is -0.497 e. The predicted octanol–water partition coefficient (Wildman–Crippen LogP) is 0.655. The quantitative estimate of drug-likeness (QED) is 0.696. The van der Waals surface area contributed by atoms with Gasteiger partial charge in [0.1, 0.15) is 18.0 Å². The number of nitrogens with one attached hydrogen (secondary N) is 2.